The summed E-state index contributed by atoms with van der Waals surface area (Å²) in [7, 11) is 0. The van der Waals surface area contributed by atoms with Gasteiger partial charge in [-0.2, -0.15) is 22.7 Å². The summed E-state index contributed by atoms with van der Waals surface area (Å²) in [5, 5.41) is 3.72. The molecule has 1 amide bonds. The summed E-state index contributed by atoms with van der Waals surface area (Å²) < 4.78 is 59.8. The predicted octanol–water partition coefficient (Wildman–Crippen LogP) is 3.61. The Hall–Kier alpha value is -3.63. The maximum Gasteiger partial charge on any atom is 0.387 e. The summed E-state index contributed by atoms with van der Waals surface area (Å²) in [6.45, 7) is -4.66. The standard InChI is InChI=1S/C18H14F4N4O3/c1-10-15(26-7-3-2-4-14(26)24-10)16(27)25-23-9-11-5-6-12(28-17(19)20)8-13(11)29-18(21)22/h2-9,17-18H,1H3,(H,25,27)/b23-9-. The second kappa shape index (κ2) is 8.59. The lowest BCUT2D eigenvalue weighted by Gasteiger charge is -2.10. The molecule has 1 N–H and O–H groups in total. The molecule has 0 unspecified atom stereocenters. The Morgan fingerprint density at radius 3 is 2.66 bits per heavy atom. The van der Waals surface area contributed by atoms with E-state index in [1.54, 1.807) is 35.7 Å². The van der Waals surface area contributed by atoms with Crippen molar-refractivity contribution in [3.8, 4) is 11.5 Å². The molecule has 0 saturated heterocycles. The zero-order valence-corrected chi connectivity index (χ0v) is 14.9. The highest BCUT2D eigenvalue weighted by Gasteiger charge is 2.16. The maximum atomic E-state index is 12.6. The Kier molecular flexibility index (Phi) is 5.96. The van der Waals surface area contributed by atoms with E-state index in [2.05, 4.69) is 25.0 Å². The normalized spacial score (nSPS) is 11.6. The Balaban J connectivity index is 1.80. The molecule has 1 aromatic carbocycles. The molecule has 29 heavy (non-hydrogen) atoms. The van der Waals surface area contributed by atoms with Gasteiger partial charge in [-0.05, 0) is 31.2 Å². The van der Waals surface area contributed by atoms with Crippen LogP contribution in [0.25, 0.3) is 5.65 Å². The number of amides is 1. The molecular weight excluding hydrogens is 396 g/mol. The first-order valence-corrected chi connectivity index (χ1v) is 8.16. The maximum absolute atomic E-state index is 12.6. The van der Waals surface area contributed by atoms with Gasteiger partial charge in [-0.25, -0.2) is 10.4 Å². The number of carbonyl (C=O) groups is 1. The van der Waals surface area contributed by atoms with Crippen molar-refractivity contribution in [1.29, 1.82) is 0 Å². The number of carbonyl (C=O) groups excluding carboxylic acids is 1. The lowest BCUT2D eigenvalue weighted by molar-refractivity contribution is -0.0543. The highest BCUT2D eigenvalue weighted by Crippen LogP contribution is 2.26. The third-order valence-electron chi connectivity index (χ3n) is 3.72. The topological polar surface area (TPSA) is 77.2 Å². The zero-order valence-electron chi connectivity index (χ0n) is 14.9. The summed E-state index contributed by atoms with van der Waals surface area (Å²) in [6.07, 6.45) is 2.70. The molecule has 0 saturated carbocycles. The van der Waals surface area contributed by atoms with Gasteiger partial charge < -0.3 is 9.47 Å². The van der Waals surface area contributed by atoms with Crippen molar-refractivity contribution in [3.63, 3.8) is 0 Å². The minimum absolute atomic E-state index is 0.0158. The smallest absolute Gasteiger partial charge is 0.387 e. The van der Waals surface area contributed by atoms with Crippen LogP contribution in [0.1, 0.15) is 21.7 Å². The number of ether oxygens (including phenoxy) is 2. The summed E-state index contributed by atoms with van der Waals surface area (Å²) in [4.78, 5) is 16.7. The van der Waals surface area contributed by atoms with Gasteiger partial charge in [0.15, 0.2) is 0 Å². The second-order valence-corrected chi connectivity index (χ2v) is 5.63. The molecule has 0 bridgehead atoms. The molecule has 3 rings (SSSR count). The summed E-state index contributed by atoms with van der Waals surface area (Å²) in [5.41, 5.74) is 3.58. The third-order valence-corrected chi connectivity index (χ3v) is 3.72. The number of fused-ring (bicyclic) bond motifs is 1. The van der Waals surface area contributed by atoms with Crippen molar-refractivity contribution < 1.29 is 31.8 Å². The number of hydrogen-bond acceptors (Lipinski definition) is 5. The number of hydrogen-bond donors (Lipinski definition) is 1. The van der Waals surface area contributed by atoms with E-state index in [0.717, 1.165) is 18.3 Å². The molecule has 0 fully saturated rings. The van der Waals surface area contributed by atoms with Gasteiger partial charge in [0.2, 0.25) is 0 Å². The number of pyridine rings is 1. The van der Waals surface area contributed by atoms with E-state index >= 15 is 0 Å². The molecule has 11 heteroatoms. The average molecular weight is 410 g/mol. The number of aryl methyl sites for hydroxylation is 1. The Morgan fingerprint density at radius 2 is 1.93 bits per heavy atom. The highest BCUT2D eigenvalue weighted by atomic mass is 19.3. The predicted molar refractivity (Wildman–Crippen MR) is 94.7 cm³/mol. The number of alkyl halides is 4. The van der Waals surface area contributed by atoms with Crippen LogP contribution in [0.4, 0.5) is 17.6 Å². The summed E-state index contributed by atoms with van der Waals surface area (Å²) in [6, 6.07) is 8.41. The fourth-order valence-electron chi connectivity index (χ4n) is 2.60. The van der Waals surface area contributed by atoms with E-state index < -0.39 is 24.9 Å². The van der Waals surface area contributed by atoms with Crippen molar-refractivity contribution in [1.82, 2.24) is 14.8 Å². The monoisotopic (exact) mass is 410 g/mol. The number of halogens is 4. The number of benzene rings is 1. The van der Waals surface area contributed by atoms with Crippen LogP contribution >= 0.6 is 0 Å². The van der Waals surface area contributed by atoms with Gasteiger partial charge >= 0.3 is 13.2 Å². The first-order chi connectivity index (χ1) is 13.8. The second-order valence-electron chi connectivity index (χ2n) is 5.63. The minimum Gasteiger partial charge on any atom is -0.435 e. The van der Waals surface area contributed by atoms with Crippen LogP contribution < -0.4 is 14.9 Å². The molecule has 0 aliphatic rings. The average Bonchev–Trinajstić information content (AvgIpc) is 2.98. The molecule has 7 nitrogen and oxygen atoms in total. The fourth-order valence-corrected chi connectivity index (χ4v) is 2.60. The molecule has 0 aliphatic heterocycles. The van der Waals surface area contributed by atoms with E-state index in [1.165, 1.54) is 6.07 Å². The lowest BCUT2D eigenvalue weighted by atomic mass is 10.2. The van der Waals surface area contributed by atoms with Crippen molar-refractivity contribution in [3.05, 3.63) is 59.5 Å². The largest absolute Gasteiger partial charge is 0.435 e. The number of nitrogens with zero attached hydrogens (tertiary/aromatic N) is 3. The number of imidazole rings is 1. The number of aromatic nitrogens is 2. The Labute approximate surface area is 161 Å². The van der Waals surface area contributed by atoms with Crippen LogP contribution in [0.5, 0.6) is 11.5 Å². The van der Waals surface area contributed by atoms with Gasteiger partial charge in [0, 0.05) is 17.8 Å². The van der Waals surface area contributed by atoms with Crippen LogP contribution in [0.3, 0.4) is 0 Å². The van der Waals surface area contributed by atoms with Gasteiger partial charge in [-0.3, -0.25) is 9.20 Å². The fraction of sp³-hybridized carbons (Fsp3) is 0.167. The molecule has 0 radical (unpaired) electrons. The molecule has 2 heterocycles. The van der Waals surface area contributed by atoms with Gasteiger partial charge in [-0.15, -0.1) is 0 Å². The summed E-state index contributed by atoms with van der Waals surface area (Å²) in [5.74, 6) is -1.38. The van der Waals surface area contributed by atoms with Crippen LogP contribution in [-0.4, -0.2) is 34.7 Å². The molecule has 2 aromatic heterocycles. The third kappa shape index (κ3) is 4.81. The number of hydrazone groups is 1. The molecule has 3 aromatic rings. The quantitative estimate of drug-likeness (QED) is 0.367. The van der Waals surface area contributed by atoms with Gasteiger partial charge in [0.1, 0.15) is 22.8 Å². The summed E-state index contributed by atoms with van der Waals surface area (Å²) >= 11 is 0. The molecule has 152 valence electrons. The highest BCUT2D eigenvalue weighted by molar-refractivity contribution is 5.95. The molecular formula is C18H14F4N4O3. The minimum atomic E-state index is -3.20. The van der Waals surface area contributed by atoms with Gasteiger partial charge in [0.25, 0.3) is 5.91 Å². The van der Waals surface area contributed by atoms with Crippen LogP contribution in [0.15, 0.2) is 47.7 Å². The lowest BCUT2D eigenvalue weighted by Crippen LogP contribution is -2.20. The van der Waals surface area contributed by atoms with Crippen LogP contribution in [0, 0.1) is 6.92 Å². The zero-order chi connectivity index (χ0) is 21.0. The van der Waals surface area contributed by atoms with Crippen molar-refractivity contribution in [2.24, 2.45) is 5.10 Å². The Bertz CT molecular complexity index is 1050. The van der Waals surface area contributed by atoms with Crippen molar-refractivity contribution in [2.45, 2.75) is 20.1 Å². The number of rotatable bonds is 7. The van der Waals surface area contributed by atoms with E-state index in [9.17, 15) is 22.4 Å². The van der Waals surface area contributed by atoms with Crippen molar-refractivity contribution >= 4 is 17.8 Å². The number of nitrogens with one attached hydrogen (secondary N) is 1. The van der Waals surface area contributed by atoms with Gasteiger partial charge in [-0.1, -0.05) is 6.07 Å². The van der Waals surface area contributed by atoms with E-state index in [0.29, 0.717) is 11.3 Å². The van der Waals surface area contributed by atoms with Gasteiger partial charge in [0.05, 0.1) is 11.9 Å². The van der Waals surface area contributed by atoms with Crippen LogP contribution in [-0.2, 0) is 0 Å². The van der Waals surface area contributed by atoms with Crippen LogP contribution in [0.2, 0.25) is 0 Å². The Morgan fingerprint density at radius 1 is 1.17 bits per heavy atom. The first-order valence-electron chi connectivity index (χ1n) is 8.16. The van der Waals surface area contributed by atoms with E-state index in [1.807, 2.05) is 0 Å². The first kappa shape index (κ1) is 20.1. The van der Waals surface area contributed by atoms with Crippen molar-refractivity contribution in [2.75, 3.05) is 0 Å². The molecule has 0 atom stereocenters. The SMILES string of the molecule is Cc1nc2ccccn2c1C(=O)N/N=C\c1ccc(OC(F)F)cc1OC(F)F. The van der Waals surface area contributed by atoms with E-state index in [-0.39, 0.29) is 17.0 Å². The molecule has 0 aliphatic carbocycles. The molecule has 0 spiro atoms. The van der Waals surface area contributed by atoms with E-state index in [4.69, 9.17) is 0 Å².